The summed E-state index contributed by atoms with van der Waals surface area (Å²) in [5.41, 5.74) is 13.9. The summed E-state index contributed by atoms with van der Waals surface area (Å²) in [6.07, 6.45) is 12.6. The summed E-state index contributed by atoms with van der Waals surface area (Å²) in [6, 6.07) is 17.3. The zero-order valence-corrected chi connectivity index (χ0v) is 35.7. The van der Waals surface area contributed by atoms with Crippen molar-refractivity contribution in [2.24, 2.45) is 0 Å². The van der Waals surface area contributed by atoms with Crippen molar-refractivity contribution in [2.45, 2.75) is 26.9 Å². The number of nitrogens with two attached hydrogens (primary N) is 1. The van der Waals surface area contributed by atoms with Gasteiger partial charge >= 0.3 is 0 Å². The molecule has 0 fully saturated rings. The van der Waals surface area contributed by atoms with Gasteiger partial charge in [0, 0.05) is 86.9 Å². The first kappa shape index (κ1) is 40.7. The lowest BCUT2D eigenvalue weighted by Crippen LogP contribution is -2.24. The minimum atomic E-state index is -0.197. The molecule has 8 heterocycles. The number of nitrogen functional groups attached to an aromatic ring is 1. The Hall–Kier alpha value is -6.46. The number of nitrogens with zero attached hydrogens (tertiary/aromatic N) is 6. The van der Waals surface area contributed by atoms with Crippen LogP contribution in [0.4, 0.5) is 5.82 Å². The van der Waals surface area contributed by atoms with Gasteiger partial charge in [0.1, 0.15) is 5.82 Å². The number of carbonyl (C=O) groups excluding carboxylic acids is 1. The van der Waals surface area contributed by atoms with Gasteiger partial charge in [-0.15, -0.1) is 0 Å². The summed E-state index contributed by atoms with van der Waals surface area (Å²) in [5.74, 6) is 2.01. The summed E-state index contributed by atoms with van der Waals surface area (Å²) in [7, 11) is 4.79. The normalized spacial score (nSPS) is 10.9. The molecule has 1 amide bonds. The number of rotatable bonds is 8. The third kappa shape index (κ3) is 9.31. The number of ether oxygens (including phenoxy) is 3. The Morgan fingerprint density at radius 3 is 2.29 bits per heavy atom. The third-order valence-corrected chi connectivity index (χ3v) is 10.7. The Bertz CT molecular complexity index is 2920. The van der Waals surface area contributed by atoms with E-state index in [1.807, 2.05) is 79.5 Å². The summed E-state index contributed by atoms with van der Waals surface area (Å²) < 4.78 is 18.5. The molecular weight excluding hydrogens is 883 g/mol. The van der Waals surface area contributed by atoms with Crippen molar-refractivity contribution in [3.8, 4) is 17.6 Å². The predicted molar refractivity (Wildman–Crippen MR) is 239 cm³/mol. The van der Waals surface area contributed by atoms with Gasteiger partial charge in [0.05, 0.1) is 72.6 Å². The van der Waals surface area contributed by atoms with E-state index in [9.17, 15) is 4.79 Å². The fraction of sp³-hybridized carbons (Fsp3) is 0.163. The van der Waals surface area contributed by atoms with Crippen molar-refractivity contribution < 1.29 is 19.0 Å². The Morgan fingerprint density at radius 1 is 0.831 bits per heavy atom. The number of methoxy groups -OCH3 is 3. The molecule has 0 aliphatic carbocycles. The number of fused-ring (bicyclic) bond motifs is 4. The molecule has 8 aromatic heterocycles. The quantitative estimate of drug-likeness (QED) is 0.108. The van der Waals surface area contributed by atoms with E-state index in [0.29, 0.717) is 47.1 Å². The molecule has 0 atom stereocenters. The van der Waals surface area contributed by atoms with Crippen LogP contribution in [0.1, 0.15) is 32.7 Å². The number of H-pyrrole nitrogens is 2. The van der Waals surface area contributed by atoms with E-state index in [2.05, 4.69) is 68.9 Å². The first-order valence-corrected chi connectivity index (χ1v) is 19.7. The van der Waals surface area contributed by atoms with E-state index in [1.165, 1.54) is 3.57 Å². The topological polar surface area (TPSA) is 184 Å². The maximum atomic E-state index is 13.3. The minimum Gasteiger partial charge on any atom is -0.481 e. The lowest BCUT2D eigenvalue weighted by atomic mass is 10.1. The summed E-state index contributed by atoms with van der Waals surface area (Å²) in [4.78, 5) is 40.7. The van der Waals surface area contributed by atoms with Crippen LogP contribution in [0.25, 0.3) is 43.6 Å². The number of anilines is 1. The highest BCUT2D eigenvalue weighted by molar-refractivity contribution is 14.1. The maximum Gasteiger partial charge on any atom is 0.253 e. The van der Waals surface area contributed by atoms with Gasteiger partial charge in [0.2, 0.25) is 17.6 Å². The Labute approximate surface area is 357 Å². The number of halogens is 2. The molecule has 0 unspecified atom stereocenters. The number of pyridine rings is 5. The fourth-order valence-corrected chi connectivity index (χ4v) is 7.35. The molecule has 0 aliphatic rings. The second-order valence-electron chi connectivity index (χ2n) is 13.4. The van der Waals surface area contributed by atoms with Crippen LogP contribution in [-0.2, 0) is 13.1 Å². The van der Waals surface area contributed by atoms with Gasteiger partial charge in [-0.05, 0) is 83.5 Å². The van der Waals surface area contributed by atoms with Gasteiger partial charge in [0.15, 0.2) is 0 Å². The van der Waals surface area contributed by atoms with Crippen molar-refractivity contribution in [1.82, 2.24) is 44.8 Å². The lowest BCUT2D eigenvalue weighted by Gasteiger charge is -2.11. The molecule has 9 rings (SSSR count). The molecule has 0 spiro atoms. The Morgan fingerprint density at radius 2 is 1.54 bits per heavy atom. The molecule has 59 heavy (non-hydrogen) atoms. The number of hydrogen-bond acceptors (Lipinski definition) is 10. The highest BCUT2D eigenvalue weighted by Gasteiger charge is 2.18. The van der Waals surface area contributed by atoms with Crippen LogP contribution in [0, 0.1) is 17.4 Å². The maximum absolute atomic E-state index is 13.3. The van der Waals surface area contributed by atoms with Gasteiger partial charge in [-0.25, -0.2) is 19.9 Å². The van der Waals surface area contributed by atoms with Gasteiger partial charge in [-0.2, -0.15) is 0 Å². The molecule has 14 nitrogen and oxygen atoms in total. The molecule has 0 aliphatic heterocycles. The first-order chi connectivity index (χ1) is 28.5. The Kier molecular flexibility index (Phi) is 12.4. The monoisotopic (exact) mass is 922 g/mol. The number of benzene rings is 1. The zero-order valence-electron chi connectivity index (χ0n) is 32.8. The number of carbonyl (C=O) groups is 1. The standard InChI is InChI=1S/C27H25ClN6O2.C8H7IN2O.C8H8N2O/c1-15-6-25(29)33-16(2)21(15)11-32-27(35)22-14-34(24-12-31-26(36-3)9-20(22)24)13-17-4-5-23-18(7-17)8-19(28)10-30-23;1-12-8-2-5-6(9)3-10-7(5)4-11-8;1-11-8-4-6-2-3-9-7(6)5-10-8/h4-10,12,14H,11,13H2,1-3H3,(H2,29,33)(H,32,35);2-4,10H,1H3;2-5,9H,1H3. The van der Waals surface area contributed by atoms with Crippen molar-refractivity contribution in [3.63, 3.8) is 0 Å². The molecule has 16 heteroatoms. The van der Waals surface area contributed by atoms with E-state index < -0.39 is 0 Å². The van der Waals surface area contributed by atoms with Crippen molar-refractivity contribution in [2.75, 3.05) is 27.1 Å². The van der Waals surface area contributed by atoms with Crippen molar-refractivity contribution in [1.29, 1.82) is 0 Å². The van der Waals surface area contributed by atoms with E-state index in [1.54, 1.807) is 52.2 Å². The highest BCUT2D eigenvalue weighted by Crippen LogP contribution is 2.27. The zero-order chi connectivity index (χ0) is 41.6. The minimum absolute atomic E-state index is 0.197. The number of hydrogen-bond donors (Lipinski definition) is 4. The summed E-state index contributed by atoms with van der Waals surface area (Å²) in [6.45, 7) is 4.73. The lowest BCUT2D eigenvalue weighted by molar-refractivity contribution is 0.0952. The number of nitrogens with one attached hydrogen (secondary N) is 3. The molecular formula is C43H40ClIN10O4. The average molecular weight is 923 g/mol. The predicted octanol–water partition coefficient (Wildman–Crippen LogP) is 8.57. The van der Waals surface area contributed by atoms with Crippen LogP contribution in [0.3, 0.4) is 0 Å². The van der Waals surface area contributed by atoms with Crippen molar-refractivity contribution >= 4 is 89.5 Å². The summed E-state index contributed by atoms with van der Waals surface area (Å²) >= 11 is 8.41. The molecule has 9 aromatic rings. The van der Waals surface area contributed by atoms with Gasteiger partial charge in [0.25, 0.3) is 5.91 Å². The molecule has 0 radical (unpaired) electrons. The van der Waals surface area contributed by atoms with Gasteiger partial charge in [-0.3, -0.25) is 9.78 Å². The molecule has 1 aromatic carbocycles. The number of aromatic nitrogens is 8. The number of amides is 1. The second-order valence-corrected chi connectivity index (χ2v) is 15.0. The van der Waals surface area contributed by atoms with Crippen LogP contribution in [0.15, 0.2) is 98.0 Å². The summed E-state index contributed by atoms with van der Waals surface area (Å²) in [5, 5.41) is 7.61. The van der Waals surface area contributed by atoms with Crippen LogP contribution in [-0.4, -0.2) is 66.7 Å². The van der Waals surface area contributed by atoms with Crippen molar-refractivity contribution in [3.05, 3.63) is 135 Å². The largest absolute Gasteiger partial charge is 0.481 e. The molecule has 0 bridgehead atoms. The van der Waals surface area contributed by atoms with Crippen LogP contribution < -0.4 is 25.3 Å². The van der Waals surface area contributed by atoms with Crippen LogP contribution >= 0.6 is 34.2 Å². The number of aryl methyl sites for hydroxylation is 2. The molecule has 300 valence electrons. The second kappa shape index (κ2) is 18.0. The van der Waals surface area contributed by atoms with Crippen LogP contribution in [0.5, 0.6) is 17.6 Å². The molecule has 0 saturated heterocycles. The van der Waals surface area contributed by atoms with Gasteiger partial charge in [-0.1, -0.05) is 17.7 Å². The number of aromatic amines is 2. The van der Waals surface area contributed by atoms with E-state index in [-0.39, 0.29) is 5.91 Å². The van der Waals surface area contributed by atoms with Crippen LogP contribution in [0.2, 0.25) is 5.02 Å². The molecule has 0 saturated carbocycles. The van der Waals surface area contributed by atoms with E-state index in [0.717, 1.165) is 66.0 Å². The van der Waals surface area contributed by atoms with E-state index in [4.69, 9.17) is 31.5 Å². The smallest absolute Gasteiger partial charge is 0.253 e. The fourth-order valence-electron chi connectivity index (χ4n) is 6.58. The average Bonchev–Trinajstić information content (AvgIpc) is 3.97. The third-order valence-electron chi connectivity index (χ3n) is 9.58. The first-order valence-electron chi connectivity index (χ1n) is 18.2. The SMILES string of the molecule is COc1cc2c(C(=O)NCc3c(C)cc(N)nc3C)cn(Cc3ccc4ncc(Cl)cc4c3)c2cn1.COc1cc2c(I)c[nH]c2cn1.COc1cc2cc[nH]c2cn1. The highest BCUT2D eigenvalue weighted by atomic mass is 127. The van der Waals surface area contributed by atoms with Gasteiger partial charge < -0.3 is 39.8 Å². The molecule has 5 N–H and O–H groups in total. The Balaban J connectivity index is 0.000000184. The van der Waals surface area contributed by atoms with E-state index >= 15 is 0 Å².